The zero-order valence-corrected chi connectivity index (χ0v) is 15.8. The van der Waals surface area contributed by atoms with Crippen molar-refractivity contribution in [3.05, 3.63) is 89.2 Å². The highest BCUT2D eigenvalue weighted by Crippen LogP contribution is 2.33. The minimum Gasteiger partial charge on any atom is -0.485 e. The molecule has 0 aliphatic rings. The number of carboxylic acids is 1. The summed E-state index contributed by atoms with van der Waals surface area (Å²) in [4.78, 5) is 27.8. The van der Waals surface area contributed by atoms with Crippen LogP contribution in [0.5, 0.6) is 11.5 Å². The standard InChI is InChI=1S/C22H20N2O5/c1-23-21(25)19-20(29-14-16-10-6-3-7-11-16)18(12-17(24-19)22(26)27)28-13-15-8-4-2-5-9-15/h2-12H,13-14H2,1H3,(H,23,25)(H,26,27). The van der Waals surface area contributed by atoms with Gasteiger partial charge in [0.25, 0.3) is 5.91 Å². The Kier molecular flexibility index (Phi) is 6.42. The maximum atomic E-state index is 12.3. The number of nitrogens with zero attached hydrogens (tertiary/aromatic N) is 1. The molecule has 0 aliphatic heterocycles. The molecule has 0 bridgehead atoms. The number of rotatable bonds is 8. The lowest BCUT2D eigenvalue weighted by Gasteiger charge is -2.16. The number of amides is 1. The number of carbonyl (C=O) groups is 2. The summed E-state index contributed by atoms with van der Waals surface area (Å²) >= 11 is 0. The molecule has 0 unspecified atom stereocenters. The molecule has 0 radical (unpaired) electrons. The van der Waals surface area contributed by atoms with Crippen molar-refractivity contribution in [2.45, 2.75) is 13.2 Å². The fourth-order valence-electron chi connectivity index (χ4n) is 2.60. The molecule has 1 amide bonds. The highest BCUT2D eigenvalue weighted by molar-refractivity contribution is 5.97. The molecule has 7 heteroatoms. The third kappa shape index (κ3) is 5.10. The van der Waals surface area contributed by atoms with Crippen molar-refractivity contribution in [2.24, 2.45) is 0 Å². The molecule has 29 heavy (non-hydrogen) atoms. The second-order valence-electron chi connectivity index (χ2n) is 6.12. The first-order valence-corrected chi connectivity index (χ1v) is 8.92. The lowest BCUT2D eigenvalue weighted by Crippen LogP contribution is -2.22. The largest absolute Gasteiger partial charge is 0.485 e. The van der Waals surface area contributed by atoms with E-state index < -0.39 is 11.9 Å². The van der Waals surface area contributed by atoms with Crippen LogP contribution in [0.1, 0.15) is 32.1 Å². The van der Waals surface area contributed by atoms with Crippen molar-refractivity contribution >= 4 is 11.9 Å². The number of aromatic nitrogens is 1. The number of hydrogen-bond acceptors (Lipinski definition) is 5. The van der Waals surface area contributed by atoms with E-state index >= 15 is 0 Å². The quantitative estimate of drug-likeness (QED) is 0.610. The highest BCUT2D eigenvalue weighted by atomic mass is 16.5. The van der Waals surface area contributed by atoms with Crippen LogP contribution in [-0.4, -0.2) is 29.0 Å². The van der Waals surface area contributed by atoms with Gasteiger partial charge in [-0.3, -0.25) is 4.79 Å². The Morgan fingerprint density at radius 3 is 2.00 bits per heavy atom. The number of carboxylic acid groups (broad SMARTS) is 1. The summed E-state index contributed by atoms with van der Waals surface area (Å²) in [6.45, 7) is 0.347. The molecule has 0 saturated heterocycles. The summed E-state index contributed by atoms with van der Waals surface area (Å²) in [5.41, 5.74) is 1.31. The second-order valence-corrected chi connectivity index (χ2v) is 6.12. The van der Waals surface area contributed by atoms with Gasteiger partial charge in [-0.1, -0.05) is 60.7 Å². The Bertz CT molecular complexity index is 991. The Balaban J connectivity index is 1.97. The molecule has 148 valence electrons. The van der Waals surface area contributed by atoms with Gasteiger partial charge in [-0.2, -0.15) is 0 Å². The van der Waals surface area contributed by atoms with E-state index in [9.17, 15) is 14.7 Å². The molecular formula is C22H20N2O5. The topological polar surface area (TPSA) is 97.8 Å². The first kappa shape index (κ1) is 19.9. The third-order valence-corrected chi connectivity index (χ3v) is 4.06. The highest BCUT2D eigenvalue weighted by Gasteiger charge is 2.23. The Hall–Kier alpha value is -3.87. The maximum absolute atomic E-state index is 12.3. The molecular weight excluding hydrogens is 372 g/mol. The summed E-state index contributed by atoms with van der Waals surface area (Å²) in [7, 11) is 1.43. The molecule has 2 N–H and O–H groups in total. The predicted octanol–water partition coefficient (Wildman–Crippen LogP) is 3.30. The normalized spacial score (nSPS) is 10.2. The van der Waals surface area contributed by atoms with Crippen molar-refractivity contribution in [3.8, 4) is 11.5 Å². The number of nitrogens with one attached hydrogen (secondary N) is 1. The number of benzene rings is 2. The van der Waals surface area contributed by atoms with Gasteiger partial charge in [0.1, 0.15) is 13.2 Å². The Morgan fingerprint density at radius 1 is 0.931 bits per heavy atom. The molecule has 0 atom stereocenters. The minimum absolute atomic E-state index is 0.0918. The van der Waals surface area contributed by atoms with Crippen molar-refractivity contribution in [2.75, 3.05) is 7.05 Å². The van der Waals surface area contributed by atoms with Crippen LogP contribution in [0.25, 0.3) is 0 Å². The van der Waals surface area contributed by atoms with Crippen LogP contribution in [0, 0.1) is 0 Å². The van der Waals surface area contributed by atoms with E-state index in [2.05, 4.69) is 10.3 Å². The van der Waals surface area contributed by atoms with Gasteiger partial charge in [-0.25, -0.2) is 9.78 Å². The summed E-state index contributed by atoms with van der Waals surface area (Å²) < 4.78 is 11.7. The Labute approximate surface area is 167 Å². The molecule has 0 fully saturated rings. The van der Waals surface area contributed by atoms with Crippen molar-refractivity contribution in [1.29, 1.82) is 0 Å². The molecule has 1 aromatic heterocycles. The monoisotopic (exact) mass is 392 g/mol. The summed E-state index contributed by atoms with van der Waals surface area (Å²) in [6.07, 6.45) is 0. The van der Waals surface area contributed by atoms with Gasteiger partial charge in [0.15, 0.2) is 22.9 Å². The lowest BCUT2D eigenvalue weighted by molar-refractivity contribution is 0.0689. The van der Waals surface area contributed by atoms with Gasteiger partial charge >= 0.3 is 5.97 Å². The molecule has 3 rings (SSSR count). The maximum Gasteiger partial charge on any atom is 0.354 e. The fourth-order valence-corrected chi connectivity index (χ4v) is 2.60. The average molecular weight is 392 g/mol. The zero-order chi connectivity index (χ0) is 20.6. The summed E-state index contributed by atoms with van der Waals surface area (Å²) in [5, 5.41) is 11.8. The summed E-state index contributed by atoms with van der Waals surface area (Å²) in [5.74, 6) is -1.61. The van der Waals surface area contributed by atoms with Crippen molar-refractivity contribution in [1.82, 2.24) is 10.3 Å². The van der Waals surface area contributed by atoms with E-state index in [-0.39, 0.29) is 36.1 Å². The number of ether oxygens (including phenoxy) is 2. The van der Waals surface area contributed by atoms with Gasteiger partial charge in [0.05, 0.1) is 0 Å². The van der Waals surface area contributed by atoms with E-state index in [1.807, 2.05) is 60.7 Å². The van der Waals surface area contributed by atoms with E-state index in [1.54, 1.807) is 0 Å². The second kappa shape index (κ2) is 9.36. The van der Waals surface area contributed by atoms with Crippen molar-refractivity contribution < 1.29 is 24.2 Å². The van der Waals surface area contributed by atoms with Gasteiger partial charge in [0.2, 0.25) is 0 Å². The molecule has 7 nitrogen and oxygen atoms in total. The van der Waals surface area contributed by atoms with E-state index in [0.717, 1.165) is 11.1 Å². The van der Waals surface area contributed by atoms with Crippen LogP contribution in [-0.2, 0) is 13.2 Å². The SMILES string of the molecule is CNC(=O)c1nc(C(=O)O)cc(OCc2ccccc2)c1OCc1ccccc1. The van der Waals surface area contributed by atoms with E-state index in [0.29, 0.717) is 0 Å². The van der Waals surface area contributed by atoms with Crippen LogP contribution in [0.3, 0.4) is 0 Å². The van der Waals surface area contributed by atoms with Gasteiger partial charge < -0.3 is 19.9 Å². The molecule has 1 heterocycles. The number of carbonyl (C=O) groups excluding carboxylic acids is 1. The van der Waals surface area contributed by atoms with Gasteiger partial charge in [-0.05, 0) is 11.1 Å². The van der Waals surface area contributed by atoms with Crippen LogP contribution < -0.4 is 14.8 Å². The van der Waals surface area contributed by atoms with E-state index in [4.69, 9.17) is 9.47 Å². The fraction of sp³-hybridized carbons (Fsp3) is 0.136. The van der Waals surface area contributed by atoms with Crippen molar-refractivity contribution in [3.63, 3.8) is 0 Å². The zero-order valence-electron chi connectivity index (χ0n) is 15.8. The number of aromatic carboxylic acids is 1. The summed E-state index contributed by atoms with van der Waals surface area (Å²) in [6, 6.07) is 20.0. The number of pyridine rings is 1. The molecule has 3 aromatic rings. The van der Waals surface area contributed by atoms with E-state index in [1.165, 1.54) is 13.1 Å². The molecule has 0 aliphatic carbocycles. The number of hydrogen-bond donors (Lipinski definition) is 2. The third-order valence-electron chi connectivity index (χ3n) is 4.06. The molecule has 2 aromatic carbocycles. The molecule has 0 spiro atoms. The van der Waals surface area contributed by atoms with Crippen LogP contribution in [0.15, 0.2) is 66.7 Å². The van der Waals surface area contributed by atoms with Gasteiger partial charge in [0, 0.05) is 13.1 Å². The van der Waals surface area contributed by atoms with Crippen LogP contribution >= 0.6 is 0 Å². The first-order valence-electron chi connectivity index (χ1n) is 8.92. The Morgan fingerprint density at radius 2 is 1.48 bits per heavy atom. The van der Waals surface area contributed by atoms with Gasteiger partial charge in [-0.15, -0.1) is 0 Å². The smallest absolute Gasteiger partial charge is 0.354 e. The molecule has 0 saturated carbocycles. The average Bonchev–Trinajstić information content (AvgIpc) is 2.76. The minimum atomic E-state index is -1.27. The van der Waals surface area contributed by atoms with Crippen LogP contribution in [0.4, 0.5) is 0 Å². The lowest BCUT2D eigenvalue weighted by atomic mass is 10.2. The predicted molar refractivity (Wildman–Crippen MR) is 106 cm³/mol. The van der Waals surface area contributed by atoms with Crippen LogP contribution in [0.2, 0.25) is 0 Å². The first-order chi connectivity index (χ1) is 14.1.